The standard InChI is InChI=1S/C28H31N5O3.C2HF3O2/c1-17-8-13-24-21(14-17)23(34)15-25(36-24)27(35)29-16-18-9-11-19(12-10-18)30-28-31-22-7-5-4-6-20(22)26(32-28)33(2)3;3-2(4,5)1(6)7/h4-8,13-15,18-19H,9-12,16H2,1-3H3,(H,29,35)(H,30,31,32);(H,6,7). The minimum atomic E-state index is -5.08. The van der Waals surface area contributed by atoms with Crippen molar-refractivity contribution in [1.82, 2.24) is 15.3 Å². The molecule has 43 heavy (non-hydrogen) atoms. The van der Waals surface area contributed by atoms with E-state index in [1.807, 2.05) is 56.3 Å². The van der Waals surface area contributed by atoms with Gasteiger partial charge in [-0.05, 0) is 62.8 Å². The Kier molecular flexibility index (Phi) is 9.52. The highest BCUT2D eigenvalue weighted by molar-refractivity contribution is 5.93. The summed E-state index contributed by atoms with van der Waals surface area (Å²) in [5, 5.41) is 15.1. The zero-order valence-electron chi connectivity index (χ0n) is 23.9. The number of aromatic nitrogens is 2. The lowest BCUT2D eigenvalue weighted by molar-refractivity contribution is -0.192. The Bertz CT molecular complexity index is 1680. The average molecular weight is 600 g/mol. The largest absolute Gasteiger partial charge is 0.490 e. The molecule has 1 fully saturated rings. The van der Waals surface area contributed by atoms with Crippen LogP contribution in [0, 0.1) is 12.8 Å². The van der Waals surface area contributed by atoms with E-state index in [9.17, 15) is 22.8 Å². The molecule has 0 bridgehead atoms. The molecule has 2 aromatic carbocycles. The zero-order chi connectivity index (χ0) is 31.3. The van der Waals surface area contributed by atoms with Crippen molar-refractivity contribution in [3.05, 3.63) is 70.1 Å². The van der Waals surface area contributed by atoms with Crippen molar-refractivity contribution < 1.29 is 32.3 Å². The number of aliphatic carboxylic acids is 1. The maximum Gasteiger partial charge on any atom is 0.490 e. The van der Waals surface area contributed by atoms with E-state index in [0.717, 1.165) is 48.0 Å². The van der Waals surface area contributed by atoms with Crippen LogP contribution in [0.4, 0.5) is 24.9 Å². The predicted octanol–water partition coefficient (Wildman–Crippen LogP) is 5.14. The fourth-order valence-electron chi connectivity index (χ4n) is 4.86. The first-order valence-electron chi connectivity index (χ1n) is 13.6. The van der Waals surface area contributed by atoms with E-state index >= 15 is 0 Å². The van der Waals surface area contributed by atoms with Crippen molar-refractivity contribution in [3.63, 3.8) is 0 Å². The van der Waals surface area contributed by atoms with Gasteiger partial charge >= 0.3 is 12.1 Å². The number of hydrogen-bond acceptors (Lipinski definition) is 8. The van der Waals surface area contributed by atoms with E-state index < -0.39 is 12.1 Å². The highest BCUT2D eigenvalue weighted by Gasteiger charge is 2.38. The lowest BCUT2D eigenvalue weighted by Gasteiger charge is -2.29. The number of anilines is 2. The summed E-state index contributed by atoms with van der Waals surface area (Å²) < 4.78 is 37.4. The van der Waals surface area contributed by atoms with Gasteiger partial charge in [0.25, 0.3) is 5.91 Å². The summed E-state index contributed by atoms with van der Waals surface area (Å²) in [4.78, 5) is 45.5. The summed E-state index contributed by atoms with van der Waals surface area (Å²) in [6.07, 6.45) is -1.18. The second-order valence-electron chi connectivity index (χ2n) is 10.6. The van der Waals surface area contributed by atoms with Gasteiger partial charge in [0.2, 0.25) is 5.95 Å². The Morgan fingerprint density at radius 1 is 1.02 bits per heavy atom. The van der Waals surface area contributed by atoms with Crippen LogP contribution in [0.15, 0.2) is 57.7 Å². The molecule has 13 heteroatoms. The maximum atomic E-state index is 12.7. The first-order valence-corrected chi connectivity index (χ1v) is 13.6. The molecule has 5 rings (SSSR count). The number of benzene rings is 2. The molecule has 0 saturated heterocycles. The van der Waals surface area contributed by atoms with Crippen molar-refractivity contribution in [3.8, 4) is 0 Å². The Morgan fingerprint density at radius 3 is 2.35 bits per heavy atom. The van der Waals surface area contributed by atoms with Crippen molar-refractivity contribution in [2.45, 2.75) is 44.8 Å². The number of alkyl halides is 3. The third-order valence-electron chi connectivity index (χ3n) is 7.09. The number of carbonyl (C=O) groups is 2. The molecule has 0 spiro atoms. The van der Waals surface area contributed by atoms with Gasteiger partial charge in [0.1, 0.15) is 11.4 Å². The number of rotatable bonds is 6. The molecule has 0 radical (unpaired) electrons. The summed E-state index contributed by atoms with van der Waals surface area (Å²) in [5.41, 5.74) is 2.12. The van der Waals surface area contributed by atoms with E-state index in [2.05, 4.69) is 10.6 Å². The molecule has 1 saturated carbocycles. The SMILES string of the molecule is Cc1ccc2oc(C(=O)NCC3CCC(Nc4nc(N(C)C)c5ccccc5n4)CC3)cc(=O)c2c1.O=C(O)C(F)(F)F. The molecule has 0 aliphatic heterocycles. The summed E-state index contributed by atoms with van der Waals surface area (Å²) in [6.45, 7) is 2.47. The number of carbonyl (C=O) groups excluding carboxylic acids is 1. The fourth-order valence-corrected chi connectivity index (χ4v) is 4.86. The second kappa shape index (κ2) is 13.1. The van der Waals surface area contributed by atoms with Gasteiger partial charge in [0.05, 0.1) is 10.9 Å². The number of fused-ring (bicyclic) bond motifs is 2. The molecule has 0 atom stereocenters. The van der Waals surface area contributed by atoms with E-state index in [1.54, 1.807) is 12.1 Å². The van der Waals surface area contributed by atoms with Crippen LogP contribution in [0.2, 0.25) is 0 Å². The van der Waals surface area contributed by atoms with Crippen LogP contribution >= 0.6 is 0 Å². The molecular formula is C30H32F3N5O5. The van der Waals surface area contributed by atoms with Gasteiger partial charge in [-0.15, -0.1) is 0 Å². The second-order valence-corrected chi connectivity index (χ2v) is 10.6. The molecule has 0 unspecified atom stereocenters. The first kappa shape index (κ1) is 31.3. The number of halogens is 3. The Morgan fingerprint density at radius 2 is 1.70 bits per heavy atom. The average Bonchev–Trinajstić information content (AvgIpc) is 2.96. The third kappa shape index (κ3) is 7.99. The third-order valence-corrected chi connectivity index (χ3v) is 7.09. The van der Waals surface area contributed by atoms with Gasteiger partial charge in [-0.3, -0.25) is 9.59 Å². The Balaban J connectivity index is 0.000000541. The molecule has 1 aliphatic carbocycles. The molecule has 10 nitrogen and oxygen atoms in total. The highest BCUT2D eigenvalue weighted by Crippen LogP contribution is 2.28. The molecule has 4 aromatic rings. The summed E-state index contributed by atoms with van der Waals surface area (Å²) in [6, 6.07) is 15.0. The van der Waals surface area contributed by atoms with Crippen molar-refractivity contribution in [2.24, 2.45) is 5.92 Å². The van der Waals surface area contributed by atoms with E-state index in [4.69, 9.17) is 24.3 Å². The van der Waals surface area contributed by atoms with E-state index in [0.29, 0.717) is 29.4 Å². The number of nitrogens with zero attached hydrogens (tertiary/aromatic N) is 3. The number of carboxylic acids is 1. The number of amides is 1. The zero-order valence-corrected chi connectivity index (χ0v) is 23.9. The summed E-state index contributed by atoms with van der Waals surface area (Å²) in [5.74, 6) is -1.14. The fraction of sp³-hybridized carbons (Fsp3) is 0.367. The number of nitrogens with one attached hydrogen (secondary N) is 2. The van der Waals surface area contributed by atoms with Crippen LogP contribution in [0.25, 0.3) is 21.9 Å². The van der Waals surface area contributed by atoms with Crippen molar-refractivity contribution >= 4 is 45.5 Å². The minimum absolute atomic E-state index is 0.0526. The Labute approximate surface area is 244 Å². The quantitative estimate of drug-likeness (QED) is 0.275. The number of hydrogen-bond donors (Lipinski definition) is 3. The molecule has 2 aromatic heterocycles. The van der Waals surface area contributed by atoms with Crippen LogP contribution in [0.3, 0.4) is 0 Å². The van der Waals surface area contributed by atoms with Gasteiger partial charge < -0.3 is 25.1 Å². The first-order chi connectivity index (χ1) is 20.3. The molecular weight excluding hydrogens is 567 g/mol. The maximum absolute atomic E-state index is 12.7. The molecule has 1 aliphatic rings. The highest BCUT2D eigenvalue weighted by atomic mass is 19.4. The van der Waals surface area contributed by atoms with Crippen LogP contribution < -0.4 is 21.0 Å². The van der Waals surface area contributed by atoms with Crippen LogP contribution in [0.1, 0.15) is 41.8 Å². The number of para-hydroxylation sites is 1. The molecule has 1 amide bonds. The van der Waals surface area contributed by atoms with Crippen molar-refractivity contribution in [2.75, 3.05) is 30.9 Å². The minimum Gasteiger partial charge on any atom is -0.475 e. The lowest BCUT2D eigenvalue weighted by Crippen LogP contribution is -2.34. The van der Waals surface area contributed by atoms with Gasteiger partial charge in [-0.25, -0.2) is 9.78 Å². The monoisotopic (exact) mass is 599 g/mol. The molecule has 228 valence electrons. The van der Waals surface area contributed by atoms with Gasteiger partial charge in [0.15, 0.2) is 11.2 Å². The predicted molar refractivity (Wildman–Crippen MR) is 156 cm³/mol. The number of aryl methyl sites for hydroxylation is 1. The lowest BCUT2D eigenvalue weighted by atomic mass is 9.86. The van der Waals surface area contributed by atoms with E-state index in [-0.39, 0.29) is 23.1 Å². The van der Waals surface area contributed by atoms with Crippen LogP contribution in [-0.2, 0) is 4.79 Å². The van der Waals surface area contributed by atoms with Crippen LogP contribution in [0.5, 0.6) is 0 Å². The topological polar surface area (TPSA) is 138 Å². The normalized spacial score (nSPS) is 16.7. The van der Waals surface area contributed by atoms with Gasteiger partial charge in [0, 0.05) is 38.1 Å². The van der Waals surface area contributed by atoms with Crippen molar-refractivity contribution in [1.29, 1.82) is 0 Å². The van der Waals surface area contributed by atoms with Gasteiger partial charge in [-0.1, -0.05) is 23.8 Å². The van der Waals surface area contributed by atoms with E-state index in [1.165, 1.54) is 6.07 Å². The van der Waals surface area contributed by atoms with Crippen LogP contribution in [-0.4, -0.2) is 59.8 Å². The molecule has 3 N–H and O–H groups in total. The smallest absolute Gasteiger partial charge is 0.475 e. The number of carboxylic acid groups (broad SMARTS) is 1. The summed E-state index contributed by atoms with van der Waals surface area (Å²) >= 11 is 0. The van der Waals surface area contributed by atoms with Gasteiger partial charge in [-0.2, -0.15) is 18.2 Å². The Hall–Kier alpha value is -4.68. The molecule has 2 heterocycles. The summed E-state index contributed by atoms with van der Waals surface area (Å²) in [7, 11) is 3.98.